The maximum atomic E-state index is 11.8. The predicted molar refractivity (Wildman–Crippen MR) is 70.8 cm³/mol. The minimum Gasteiger partial charge on any atom is -0.355 e. The molecule has 94 valence electrons. The Balaban J connectivity index is 2.10. The third-order valence-electron chi connectivity index (χ3n) is 2.60. The number of piperidine rings is 1. The van der Waals surface area contributed by atoms with Crippen LogP contribution in [-0.4, -0.2) is 36.0 Å². The Bertz CT molecular complexity index is 220. The first-order valence-electron chi connectivity index (χ1n) is 6.11. The Kier molecular flexibility index (Phi) is 5.62. The van der Waals surface area contributed by atoms with Gasteiger partial charge in [0, 0.05) is 23.6 Å². The van der Waals surface area contributed by atoms with Gasteiger partial charge in [-0.3, -0.25) is 4.79 Å². The van der Waals surface area contributed by atoms with Crippen LogP contribution >= 0.6 is 11.8 Å². The van der Waals surface area contributed by atoms with Crippen molar-refractivity contribution in [2.75, 3.05) is 25.4 Å². The van der Waals surface area contributed by atoms with Crippen LogP contribution in [0.3, 0.4) is 0 Å². The smallest absolute Gasteiger partial charge is 0.224 e. The van der Waals surface area contributed by atoms with E-state index in [0.717, 1.165) is 38.2 Å². The molecule has 0 aromatic rings. The minimum absolute atomic E-state index is 0.188. The van der Waals surface area contributed by atoms with Crippen molar-refractivity contribution >= 4 is 17.7 Å². The zero-order chi connectivity index (χ0) is 12.0. The zero-order valence-electron chi connectivity index (χ0n) is 10.6. The summed E-state index contributed by atoms with van der Waals surface area (Å²) in [6.07, 6.45) is 2.15. The molecule has 0 aliphatic carbocycles. The SMILES string of the molecule is CC(C)(C)SCCNC(=O)[C@@H]1CCCNC1. The lowest BCUT2D eigenvalue weighted by Crippen LogP contribution is -2.41. The number of thioether (sulfide) groups is 1. The highest BCUT2D eigenvalue weighted by atomic mass is 32.2. The van der Waals surface area contributed by atoms with Gasteiger partial charge in [-0.1, -0.05) is 20.8 Å². The van der Waals surface area contributed by atoms with E-state index in [2.05, 4.69) is 31.4 Å². The van der Waals surface area contributed by atoms with E-state index in [9.17, 15) is 4.79 Å². The van der Waals surface area contributed by atoms with E-state index in [1.807, 2.05) is 11.8 Å². The van der Waals surface area contributed by atoms with Gasteiger partial charge in [0.1, 0.15) is 0 Å². The Hall–Kier alpha value is -0.220. The van der Waals surface area contributed by atoms with Crippen molar-refractivity contribution in [1.82, 2.24) is 10.6 Å². The van der Waals surface area contributed by atoms with Crippen LogP contribution in [0.15, 0.2) is 0 Å². The first-order valence-corrected chi connectivity index (χ1v) is 7.10. The molecule has 0 unspecified atom stereocenters. The second-order valence-corrected chi connectivity index (χ2v) is 7.22. The quantitative estimate of drug-likeness (QED) is 0.739. The van der Waals surface area contributed by atoms with E-state index in [4.69, 9.17) is 0 Å². The molecule has 4 heteroatoms. The van der Waals surface area contributed by atoms with Gasteiger partial charge in [0.25, 0.3) is 0 Å². The third kappa shape index (κ3) is 5.75. The fraction of sp³-hybridized carbons (Fsp3) is 0.917. The number of carbonyl (C=O) groups excluding carboxylic acids is 1. The van der Waals surface area contributed by atoms with Crippen molar-refractivity contribution in [3.05, 3.63) is 0 Å². The van der Waals surface area contributed by atoms with Crippen molar-refractivity contribution in [3.63, 3.8) is 0 Å². The zero-order valence-corrected chi connectivity index (χ0v) is 11.5. The van der Waals surface area contributed by atoms with E-state index in [-0.39, 0.29) is 16.6 Å². The summed E-state index contributed by atoms with van der Waals surface area (Å²) < 4.78 is 0.289. The van der Waals surface area contributed by atoms with Crippen LogP contribution in [0.2, 0.25) is 0 Å². The summed E-state index contributed by atoms with van der Waals surface area (Å²) in [4.78, 5) is 11.8. The van der Waals surface area contributed by atoms with E-state index in [0.29, 0.717) is 0 Å². The molecule has 1 amide bonds. The van der Waals surface area contributed by atoms with E-state index < -0.39 is 0 Å². The number of carbonyl (C=O) groups is 1. The molecule has 1 aliphatic rings. The van der Waals surface area contributed by atoms with Gasteiger partial charge >= 0.3 is 0 Å². The molecule has 0 saturated carbocycles. The molecular weight excluding hydrogens is 220 g/mol. The highest BCUT2D eigenvalue weighted by Gasteiger charge is 2.20. The summed E-state index contributed by atoms with van der Waals surface area (Å²) in [7, 11) is 0. The highest BCUT2D eigenvalue weighted by Crippen LogP contribution is 2.22. The molecule has 1 saturated heterocycles. The van der Waals surface area contributed by atoms with Crippen LogP contribution in [0.25, 0.3) is 0 Å². The van der Waals surface area contributed by atoms with Crippen molar-refractivity contribution in [1.29, 1.82) is 0 Å². The first-order chi connectivity index (χ1) is 7.49. The van der Waals surface area contributed by atoms with Gasteiger partial charge in [0.2, 0.25) is 5.91 Å². The van der Waals surface area contributed by atoms with E-state index in [1.165, 1.54) is 0 Å². The summed E-state index contributed by atoms with van der Waals surface area (Å²) in [5, 5.41) is 6.29. The van der Waals surface area contributed by atoms with E-state index >= 15 is 0 Å². The van der Waals surface area contributed by atoms with Crippen molar-refractivity contribution in [2.24, 2.45) is 5.92 Å². The van der Waals surface area contributed by atoms with Gasteiger partial charge < -0.3 is 10.6 Å². The lowest BCUT2D eigenvalue weighted by atomic mass is 9.99. The molecule has 0 aromatic carbocycles. The largest absolute Gasteiger partial charge is 0.355 e. The average Bonchev–Trinajstić information content (AvgIpc) is 2.24. The highest BCUT2D eigenvalue weighted by molar-refractivity contribution is 8.00. The fourth-order valence-electron chi connectivity index (χ4n) is 1.75. The summed E-state index contributed by atoms with van der Waals surface area (Å²) in [5.41, 5.74) is 0. The Morgan fingerprint density at radius 1 is 1.50 bits per heavy atom. The molecule has 0 aromatic heterocycles. The lowest BCUT2D eigenvalue weighted by molar-refractivity contribution is -0.125. The molecule has 1 heterocycles. The number of hydrogen-bond acceptors (Lipinski definition) is 3. The molecule has 0 spiro atoms. The molecule has 1 atom stereocenters. The second-order valence-electron chi connectivity index (χ2n) is 5.30. The van der Waals surface area contributed by atoms with Crippen LogP contribution in [0.4, 0.5) is 0 Å². The molecular formula is C12H24N2OS. The monoisotopic (exact) mass is 244 g/mol. The fourth-order valence-corrected chi connectivity index (χ4v) is 2.57. The van der Waals surface area contributed by atoms with Gasteiger partial charge in [0.05, 0.1) is 5.92 Å². The van der Waals surface area contributed by atoms with Gasteiger partial charge in [-0.2, -0.15) is 11.8 Å². The van der Waals surface area contributed by atoms with Crippen LogP contribution in [-0.2, 0) is 4.79 Å². The van der Waals surface area contributed by atoms with Gasteiger partial charge in [-0.05, 0) is 19.4 Å². The maximum Gasteiger partial charge on any atom is 0.224 e. The van der Waals surface area contributed by atoms with Crippen LogP contribution in [0.5, 0.6) is 0 Å². The Morgan fingerprint density at radius 2 is 2.25 bits per heavy atom. The standard InChI is InChI=1S/C12H24N2OS/c1-12(2,3)16-8-7-14-11(15)10-5-4-6-13-9-10/h10,13H,4-9H2,1-3H3,(H,14,15)/t10-/m1/s1. The number of rotatable bonds is 4. The van der Waals surface area contributed by atoms with Crippen LogP contribution in [0, 0.1) is 5.92 Å². The van der Waals surface area contributed by atoms with Gasteiger partial charge in [0.15, 0.2) is 0 Å². The topological polar surface area (TPSA) is 41.1 Å². The summed E-state index contributed by atoms with van der Waals surface area (Å²) in [6, 6.07) is 0. The summed E-state index contributed by atoms with van der Waals surface area (Å²) >= 11 is 1.89. The predicted octanol–water partition coefficient (Wildman–Crippen LogP) is 1.63. The molecule has 2 N–H and O–H groups in total. The molecule has 1 fully saturated rings. The maximum absolute atomic E-state index is 11.8. The molecule has 3 nitrogen and oxygen atoms in total. The number of hydrogen-bond donors (Lipinski definition) is 2. The normalized spacial score (nSPS) is 21.8. The van der Waals surface area contributed by atoms with Crippen molar-refractivity contribution in [3.8, 4) is 0 Å². The van der Waals surface area contributed by atoms with Crippen molar-refractivity contribution in [2.45, 2.75) is 38.4 Å². The van der Waals surface area contributed by atoms with Gasteiger partial charge in [-0.25, -0.2) is 0 Å². The lowest BCUT2D eigenvalue weighted by Gasteiger charge is -2.22. The van der Waals surface area contributed by atoms with Gasteiger partial charge in [-0.15, -0.1) is 0 Å². The molecule has 0 bridgehead atoms. The second kappa shape index (κ2) is 6.50. The van der Waals surface area contributed by atoms with Crippen LogP contribution in [0.1, 0.15) is 33.6 Å². The Morgan fingerprint density at radius 3 is 2.81 bits per heavy atom. The number of amides is 1. The van der Waals surface area contributed by atoms with E-state index in [1.54, 1.807) is 0 Å². The van der Waals surface area contributed by atoms with Crippen LogP contribution < -0.4 is 10.6 Å². The molecule has 16 heavy (non-hydrogen) atoms. The third-order valence-corrected chi connectivity index (χ3v) is 3.88. The molecule has 1 aliphatic heterocycles. The molecule has 0 radical (unpaired) electrons. The summed E-state index contributed by atoms with van der Waals surface area (Å²) in [5.74, 6) is 1.41. The Labute approximate surface area is 103 Å². The number of nitrogens with one attached hydrogen (secondary N) is 2. The average molecular weight is 244 g/mol. The summed E-state index contributed by atoms with van der Waals surface area (Å²) in [6.45, 7) is 9.29. The minimum atomic E-state index is 0.188. The molecule has 1 rings (SSSR count). The van der Waals surface area contributed by atoms with Crippen molar-refractivity contribution < 1.29 is 4.79 Å². The first kappa shape index (κ1) is 13.8.